The topological polar surface area (TPSA) is 61.0 Å². The summed E-state index contributed by atoms with van der Waals surface area (Å²) in [6.45, 7) is 5.46. The fraction of sp³-hybridized carbons (Fsp3) is 0.636. The van der Waals surface area contributed by atoms with E-state index in [1.807, 2.05) is 0 Å². The molecule has 1 unspecified atom stereocenters. The van der Waals surface area contributed by atoms with Crippen LogP contribution in [0, 0.1) is 5.92 Å². The molecule has 4 nitrogen and oxygen atoms in total. The van der Waals surface area contributed by atoms with Crippen molar-refractivity contribution in [2.24, 2.45) is 11.7 Å². The summed E-state index contributed by atoms with van der Waals surface area (Å²) < 4.78 is 43.0. The number of nitrogens with two attached hydrogens (primary N) is 1. The van der Waals surface area contributed by atoms with Crippen molar-refractivity contribution in [3.63, 3.8) is 0 Å². The standard InChI is InChI=1S/C11H16F3N3O/c1-4-18-8-5-7(11(12,13)14)16-10(17-8)9(15)6(2)3/h5-6,9H,4,15H2,1-3H3. The summed E-state index contributed by atoms with van der Waals surface area (Å²) in [4.78, 5) is 7.37. The second-order valence-electron chi connectivity index (χ2n) is 4.15. The van der Waals surface area contributed by atoms with Crippen LogP contribution in [-0.2, 0) is 6.18 Å². The lowest BCUT2D eigenvalue weighted by molar-refractivity contribution is -0.141. The molecule has 0 aliphatic carbocycles. The van der Waals surface area contributed by atoms with Crippen LogP contribution >= 0.6 is 0 Å². The molecule has 0 saturated heterocycles. The van der Waals surface area contributed by atoms with Gasteiger partial charge in [-0.2, -0.15) is 18.2 Å². The molecule has 0 radical (unpaired) electrons. The molecule has 1 atom stereocenters. The van der Waals surface area contributed by atoms with Crippen LogP contribution in [0.25, 0.3) is 0 Å². The van der Waals surface area contributed by atoms with Gasteiger partial charge in [-0.25, -0.2) is 4.98 Å². The number of rotatable bonds is 4. The van der Waals surface area contributed by atoms with Gasteiger partial charge < -0.3 is 10.5 Å². The van der Waals surface area contributed by atoms with Gasteiger partial charge in [0.15, 0.2) is 5.69 Å². The molecule has 1 aromatic rings. The lowest BCUT2D eigenvalue weighted by atomic mass is 10.1. The highest BCUT2D eigenvalue weighted by atomic mass is 19.4. The van der Waals surface area contributed by atoms with Gasteiger partial charge in [-0.05, 0) is 12.8 Å². The Kier molecular flexibility index (Phi) is 4.50. The van der Waals surface area contributed by atoms with Gasteiger partial charge in [0, 0.05) is 6.07 Å². The average molecular weight is 263 g/mol. The van der Waals surface area contributed by atoms with Crippen LogP contribution in [0.4, 0.5) is 13.2 Å². The SMILES string of the molecule is CCOc1cc(C(F)(F)F)nc(C(N)C(C)C)n1. The zero-order chi connectivity index (χ0) is 13.9. The largest absolute Gasteiger partial charge is 0.478 e. The minimum absolute atomic E-state index is 0.0525. The minimum atomic E-state index is -4.54. The molecule has 0 bridgehead atoms. The fourth-order valence-corrected chi connectivity index (χ4v) is 1.26. The van der Waals surface area contributed by atoms with Crippen molar-refractivity contribution < 1.29 is 17.9 Å². The molecule has 102 valence electrons. The van der Waals surface area contributed by atoms with Gasteiger partial charge in [0.2, 0.25) is 5.88 Å². The van der Waals surface area contributed by atoms with Crippen LogP contribution in [0.1, 0.15) is 38.3 Å². The number of hydrogen-bond donors (Lipinski definition) is 1. The number of nitrogens with zero attached hydrogens (tertiary/aromatic N) is 2. The van der Waals surface area contributed by atoms with E-state index < -0.39 is 17.9 Å². The summed E-state index contributed by atoms with van der Waals surface area (Å²) in [5, 5.41) is 0. The van der Waals surface area contributed by atoms with E-state index in [9.17, 15) is 13.2 Å². The highest BCUT2D eigenvalue weighted by molar-refractivity contribution is 5.20. The van der Waals surface area contributed by atoms with Gasteiger partial charge in [-0.1, -0.05) is 13.8 Å². The Morgan fingerprint density at radius 1 is 1.33 bits per heavy atom. The van der Waals surface area contributed by atoms with E-state index >= 15 is 0 Å². The second-order valence-corrected chi connectivity index (χ2v) is 4.15. The Hall–Kier alpha value is -1.37. The average Bonchev–Trinajstić information content (AvgIpc) is 2.26. The van der Waals surface area contributed by atoms with Gasteiger partial charge in [0.05, 0.1) is 12.6 Å². The summed E-state index contributed by atoms with van der Waals surface area (Å²) in [7, 11) is 0. The first-order chi connectivity index (χ1) is 8.25. The predicted octanol–water partition coefficient (Wildman–Crippen LogP) is 2.55. The van der Waals surface area contributed by atoms with E-state index in [-0.39, 0.29) is 24.2 Å². The van der Waals surface area contributed by atoms with Gasteiger partial charge in [0.1, 0.15) is 5.82 Å². The van der Waals surface area contributed by atoms with E-state index in [1.54, 1.807) is 20.8 Å². The van der Waals surface area contributed by atoms with E-state index in [2.05, 4.69) is 9.97 Å². The molecule has 0 aliphatic heterocycles. The van der Waals surface area contributed by atoms with E-state index in [0.29, 0.717) is 0 Å². The highest BCUT2D eigenvalue weighted by Crippen LogP contribution is 2.30. The fourth-order valence-electron chi connectivity index (χ4n) is 1.26. The zero-order valence-electron chi connectivity index (χ0n) is 10.5. The maximum Gasteiger partial charge on any atom is 0.433 e. The molecular formula is C11H16F3N3O. The Morgan fingerprint density at radius 3 is 2.39 bits per heavy atom. The molecule has 18 heavy (non-hydrogen) atoms. The molecular weight excluding hydrogens is 247 g/mol. The molecule has 0 spiro atoms. The highest BCUT2D eigenvalue weighted by Gasteiger charge is 2.34. The molecule has 1 heterocycles. The monoisotopic (exact) mass is 263 g/mol. The van der Waals surface area contributed by atoms with Crippen molar-refractivity contribution in [3.05, 3.63) is 17.6 Å². The molecule has 1 aromatic heterocycles. The molecule has 0 saturated carbocycles. The third-order valence-electron chi connectivity index (χ3n) is 2.32. The molecule has 0 fully saturated rings. The third kappa shape index (κ3) is 3.56. The molecule has 0 aromatic carbocycles. The first kappa shape index (κ1) is 14.7. The Morgan fingerprint density at radius 2 is 1.94 bits per heavy atom. The summed E-state index contributed by atoms with van der Waals surface area (Å²) in [6.07, 6.45) is -4.54. The van der Waals surface area contributed by atoms with Gasteiger partial charge in [0.25, 0.3) is 0 Å². The van der Waals surface area contributed by atoms with Crippen LogP contribution in [0.2, 0.25) is 0 Å². The maximum absolute atomic E-state index is 12.7. The molecule has 0 aliphatic rings. The summed E-state index contributed by atoms with van der Waals surface area (Å²) in [6, 6.07) is 0.117. The van der Waals surface area contributed by atoms with E-state index in [4.69, 9.17) is 10.5 Å². The van der Waals surface area contributed by atoms with Crippen molar-refractivity contribution in [3.8, 4) is 5.88 Å². The van der Waals surface area contributed by atoms with Crippen LogP contribution in [-0.4, -0.2) is 16.6 Å². The van der Waals surface area contributed by atoms with Crippen molar-refractivity contribution in [1.82, 2.24) is 9.97 Å². The number of ether oxygens (including phenoxy) is 1. The maximum atomic E-state index is 12.7. The number of alkyl halides is 3. The Labute approximate surface area is 103 Å². The smallest absolute Gasteiger partial charge is 0.433 e. The van der Waals surface area contributed by atoms with Crippen LogP contribution in [0.3, 0.4) is 0 Å². The van der Waals surface area contributed by atoms with Crippen molar-refractivity contribution in [1.29, 1.82) is 0 Å². The predicted molar refractivity (Wildman–Crippen MR) is 60.0 cm³/mol. The van der Waals surface area contributed by atoms with E-state index in [0.717, 1.165) is 6.07 Å². The van der Waals surface area contributed by atoms with Gasteiger partial charge >= 0.3 is 6.18 Å². The van der Waals surface area contributed by atoms with Gasteiger partial charge in [-0.3, -0.25) is 0 Å². The molecule has 7 heteroatoms. The van der Waals surface area contributed by atoms with Crippen molar-refractivity contribution >= 4 is 0 Å². The van der Waals surface area contributed by atoms with Gasteiger partial charge in [-0.15, -0.1) is 0 Å². The van der Waals surface area contributed by atoms with Crippen LogP contribution in [0.15, 0.2) is 6.07 Å². The van der Waals surface area contributed by atoms with Crippen LogP contribution in [0.5, 0.6) is 5.88 Å². The van der Waals surface area contributed by atoms with E-state index in [1.165, 1.54) is 0 Å². The van der Waals surface area contributed by atoms with Crippen LogP contribution < -0.4 is 10.5 Å². The number of aromatic nitrogens is 2. The summed E-state index contributed by atoms with van der Waals surface area (Å²) in [5.74, 6) is -0.225. The first-order valence-electron chi connectivity index (χ1n) is 5.60. The molecule has 1 rings (SSSR count). The number of halogens is 3. The lowest BCUT2D eigenvalue weighted by Crippen LogP contribution is -2.22. The second kappa shape index (κ2) is 5.51. The van der Waals surface area contributed by atoms with Crippen molar-refractivity contribution in [2.45, 2.75) is 33.0 Å². The molecule has 2 N–H and O–H groups in total. The van der Waals surface area contributed by atoms with Crippen molar-refractivity contribution in [2.75, 3.05) is 6.61 Å². The zero-order valence-corrected chi connectivity index (χ0v) is 10.5. The first-order valence-corrected chi connectivity index (χ1v) is 5.60. The molecule has 0 amide bonds. The summed E-state index contributed by atoms with van der Waals surface area (Å²) in [5.41, 5.74) is 4.73. The third-order valence-corrected chi connectivity index (χ3v) is 2.32. The summed E-state index contributed by atoms with van der Waals surface area (Å²) >= 11 is 0. The lowest BCUT2D eigenvalue weighted by Gasteiger charge is -2.17. The normalized spacial score (nSPS) is 13.8. The minimum Gasteiger partial charge on any atom is -0.478 e. The number of hydrogen-bond acceptors (Lipinski definition) is 4. The Bertz CT molecular complexity index is 407. The Balaban J connectivity index is 3.22. The quantitative estimate of drug-likeness (QED) is 0.906.